The van der Waals surface area contributed by atoms with E-state index in [0.29, 0.717) is 16.3 Å². The van der Waals surface area contributed by atoms with Crippen LogP contribution in [0.25, 0.3) is 0 Å². The Morgan fingerprint density at radius 3 is 2.54 bits per heavy atom. The van der Waals surface area contributed by atoms with Crippen LogP contribution in [0.3, 0.4) is 0 Å². The van der Waals surface area contributed by atoms with Crippen molar-refractivity contribution in [3.05, 3.63) is 40.4 Å². The van der Waals surface area contributed by atoms with Crippen LogP contribution in [0.5, 0.6) is 5.75 Å². The predicted molar refractivity (Wildman–Crippen MR) is 86.5 cm³/mol. The molecule has 0 saturated heterocycles. The minimum atomic E-state index is -0.711. The molecule has 0 aliphatic rings. The van der Waals surface area contributed by atoms with Crippen molar-refractivity contribution >= 4 is 40.1 Å². The summed E-state index contributed by atoms with van der Waals surface area (Å²) < 4.78 is 14.8. The van der Waals surface area contributed by atoms with E-state index in [1.807, 2.05) is 0 Å². The first-order chi connectivity index (χ1) is 11.5. The molecule has 0 amide bonds. The molecular formula is C16H15BrO7. The van der Waals surface area contributed by atoms with E-state index < -0.39 is 17.9 Å². The predicted octanol–water partition coefficient (Wildman–Crippen LogP) is 2.22. The molecule has 0 bridgehead atoms. The van der Waals surface area contributed by atoms with Crippen LogP contribution in [-0.2, 0) is 23.9 Å². The lowest BCUT2D eigenvalue weighted by Crippen LogP contribution is -2.10. The Balaban J connectivity index is 2.32. The zero-order chi connectivity index (χ0) is 17.9. The van der Waals surface area contributed by atoms with Gasteiger partial charge in [0.25, 0.3) is 0 Å². The average Bonchev–Trinajstić information content (AvgIpc) is 2.58. The first kappa shape index (κ1) is 19.6. The van der Waals surface area contributed by atoms with Crippen molar-refractivity contribution in [3.8, 4) is 5.75 Å². The molecule has 0 spiro atoms. The maximum atomic E-state index is 11.7. The number of carbonyl (C=O) groups excluding carboxylic acids is 4. The Morgan fingerprint density at radius 2 is 1.88 bits per heavy atom. The minimum Gasteiger partial charge on any atom is -0.466 e. The summed E-state index contributed by atoms with van der Waals surface area (Å²) in [5.74, 6) is -1.64. The summed E-state index contributed by atoms with van der Waals surface area (Å²) in [7, 11) is 1.19. The third-order valence-corrected chi connectivity index (χ3v) is 3.37. The number of halogens is 1. The highest BCUT2D eigenvalue weighted by Gasteiger charge is 2.08. The molecule has 0 fully saturated rings. The van der Waals surface area contributed by atoms with Crippen LogP contribution in [0.2, 0.25) is 0 Å². The topological polar surface area (TPSA) is 96.0 Å². The van der Waals surface area contributed by atoms with Crippen LogP contribution in [-0.4, -0.2) is 37.9 Å². The van der Waals surface area contributed by atoms with Gasteiger partial charge in [-0.15, -0.1) is 0 Å². The normalized spacial score (nSPS) is 10.2. The van der Waals surface area contributed by atoms with Crippen LogP contribution in [0.1, 0.15) is 23.2 Å². The second kappa shape index (κ2) is 10.3. The smallest absolute Gasteiger partial charge is 0.331 e. The lowest BCUT2D eigenvalue weighted by Gasteiger charge is -2.06. The number of hydrogen-bond acceptors (Lipinski definition) is 7. The number of carbonyl (C=O) groups is 4. The monoisotopic (exact) mass is 398 g/mol. The minimum absolute atomic E-state index is 0.000623. The van der Waals surface area contributed by atoms with Crippen molar-refractivity contribution in [2.24, 2.45) is 0 Å². The van der Waals surface area contributed by atoms with Crippen molar-refractivity contribution in [1.29, 1.82) is 0 Å². The molecule has 0 N–H and O–H groups in total. The summed E-state index contributed by atoms with van der Waals surface area (Å²) in [5, 5.41) is 0. The van der Waals surface area contributed by atoms with E-state index in [4.69, 9.17) is 9.47 Å². The molecule has 8 heteroatoms. The van der Waals surface area contributed by atoms with Gasteiger partial charge in [0.15, 0.2) is 6.29 Å². The lowest BCUT2D eigenvalue weighted by molar-refractivity contribution is -0.140. The summed E-state index contributed by atoms with van der Waals surface area (Å²) in [6.07, 6.45) is 2.80. The van der Waals surface area contributed by atoms with Gasteiger partial charge in [-0.3, -0.25) is 9.59 Å². The number of ether oxygens (including phenoxy) is 3. The number of hydrogen-bond donors (Lipinski definition) is 0. The van der Waals surface area contributed by atoms with Crippen LogP contribution in [0.15, 0.2) is 34.8 Å². The lowest BCUT2D eigenvalue weighted by atomic mass is 10.2. The molecule has 1 rings (SSSR count). The second-order valence-electron chi connectivity index (χ2n) is 4.40. The van der Waals surface area contributed by atoms with Crippen LogP contribution in [0, 0.1) is 0 Å². The Labute approximate surface area is 146 Å². The number of aldehydes is 1. The van der Waals surface area contributed by atoms with Gasteiger partial charge >= 0.3 is 17.9 Å². The highest BCUT2D eigenvalue weighted by atomic mass is 79.9. The summed E-state index contributed by atoms with van der Waals surface area (Å²) in [4.78, 5) is 44.5. The molecule has 7 nitrogen and oxygen atoms in total. The highest BCUT2D eigenvalue weighted by molar-refractivity contribution is 9.10. The van der Waals surface area contributed by atoms with Crippen molar-refractivity contribution in [2.45, 2.75) is 12.8 Å². The molecule has 0 saturated carbocycles. The standard InChI is InChI=1S/C16H15BrO7/c1-22-14(19)6-7-15(20)23-8-2-3-16(21)24-12-4-5-13(17)11(9-12)10-18/h4-7,9-10H,2-3,8H2,1H3. The fourth-order valence-electron chi connectivity index (χ4n) is 1.50. The van der Waals surface area contributed by atoms with E-state index in [9.17, 15) is 19.2 Å². The largest absolute Gasteiger partial charge is 0.466 e. The Kier molecular flexibility index (Phi) is 8.42. The Bertz CT molecular complexity index is 652. The molecule has 1 aromatic rings. The van der Waals surface area contributed by atoms with Gasteiger partial charge in [0.05, 0.1) is 13.7 Å². The summed E-state index contributed by atoms with van der Waals surface area (Å²) in [6, 6.07) is 4.58. The molecule has 24 heavy (non-hydrogen) atoms. The van der Waals surface area contributed by atoms with Crippen molar-refractivity contribution in [3.63, 3.8) is 0 Å². The Hall–Kier alpha value is -2.48. The van der Waals surface area contributed by atoms with Gasteiger partial charge in [0.1, 0.15) is 5.75 Å². The molecule has 1 aromatic carbocycles. The average molecular weight is 399 g/mol. The molecular weight excluding hydrogens is 384 g/mol. The van der Waals surface area contributed by atoms with Gasteiger partial charge in [-0.05, 0) is 24.6 Å². The quantitative estimate of drug-likeness (QED) is 0.217. The van der Waals surface area contributed by atoms with E-state index in [-0.39, 0.29) is 25.2 Å². The van der Waals surface area contributed by atoms with Crippen LogP contribution < -0.4 is 4.74 Å². The van der Waals surface area contributed by atoms with Gasteiger partial charge in [-0.1, -0.05) is 15.9 Å². The number of esters is 3. The van der Waals surface area contributed by atoms with Gasteiger partial charge in [0.2, 0.25) is 0 Å². The van der Waals surface area contributed by atoms with Crippen molar-refractivity contribution < 1.29 is 33.4 Å². The van der Waals surface area contributed by atoms with E-state index in [1.54, 1.807) is 12.1 Å². The Morgan fingerprint density at radius 1 is 1.17 bits per heavy atom. The summed E-state index contributed by atoms with van der Waals surface area (Å²) in [6.45, 7) is -0.000623. The third kappa shape index (κ3) is 7.19. The van der Waals surface area contributed by atoms with Crippen LogP contribution >= 0.6 is 15.9 Å². The number of rotatable bonds is 8. The molecule has 0 aliphatic carbocycles. The third-order valence-electron chi connectivity index (χ3n) is 2.65. The fourth-order valence-corrected chi connectivity index (χ4v) is 1.84. The van der Waals surface area contributed by atoms with Gasteiger partial charge < -0.3 is 14.2 Å². The molecule has 0 heterocycles. The molecule has 0 aliphatic heterocycles. The molecule has 128 valence electrons. The maximum Gasteiger partial charge on any atom is 0.331 e. The van der Waals surface area contributed by atoms with E-state index >= 15 is 0 Å². The second-order valence-corrected chi connectivity index (χ2v) is 5.26. The first-order valence-corrected chi connectivity index (χ1v) is 7.63. The van der Waals surface area contributed by atoms with Gasteiger partial charge in [-0.2, -0.15) is 0 Å². The summed E-state index contributed by atoms with van der Waals surface area (Å²) in [5.41, 5.74) is 0.367. The van der Waals surface area contributed by atoms with Crippen molar-refractivity contribution in [2.75, 3.05) is 13.7 Å². The number of methoxy groups -OCH3 is 1. The van der Waals surface area contributed by atoms with E-state index in [2.05, 4.69) is 20.7 Å². The molecule has 0 atom stereocenters. The highest BCUT2D eigenvalue weighted by Crippen LogP contribution is 2.21. The van der Waals surface area contributed by atoms with Gasteiger partial charge in [0, 0.05) is 28.6 Å². The maximum absolute atomic E-state index is 11.7. The fraction of sp³-hybridized carbons (Fsp3) is 0.250. The molecule has 0 unspecified atom stereocenters. The SMILES string of the molecule is COC(=O)C=CC(=O)OCCCC(=O)Oc1ccc(Br)c(C=O)c1. The van der Waals surface area contributed by atoms with Crippen molar-refractivity contribution in [1.82, 2.24) is 0 Å². The van der Waals surface area contributed by atoms with Gasteiger partial charge in [-0.25, -0.2) is 9.59 Å². The van der Waals surface area contributed by atoms with E-state index in [0.717, 1.165) is 12.2 Å². The molecule has 0 radical (unpaired) electrons. The summed E-state index contributed by atoms with van der Waals surface area (Å²) >= 11 is 3.19. The van der Waals surface area contributed by atoms with Crippen LogP contribution in [0.4, 0.5) is 0 Å². The first-order valence-electron chi connectivity index (χ1n) is 6.84. The zero-order valence-electron chi connectivity index (χ0n) is 12.8. The number of benzene rings is 1. The van der Waals surface area contributed by atoms with E-state index in [1.165, 1.54) is 13.2 Å². The molecule has 0 aromatic heterocycles. The zero-order valence-corrected chi connectivity index (χ0v) is 14.4.